The Bertz CT molecular complexity index is 511. The molecule has 9 heteroatoms. The van der Waals surface area contributed by atoms with Crippen LogP contribution in [0.3, 0.4) is 0 Å². The standard InChI is InChI=1S/C17H27ClN4O.3ClH/c1-14(19)5-6-17(23)20-7-8-21-9-11-22(12-10-21)16-4-2-3-15(18)13-16;;;/h2-4,13-14H,5-12,19H2,1H3,(H,20,23);3*1H. The van der Waals surface area contributed by atoms with Crippen LogP contribution in [0.1, 0.15) is 19.8 Å². The van der Waals surface area contributed by atoms with E-state index in [1.165, 1.54) is 5.69 Å². The zero-order chi connectivity index (χ0) is 16.7. The highest BCUT2D eigenvalue weighted by Gasteiger charge is 2.17. The van der Waals surface area contributed by atoms with Gasteiger partial charge < -0.3 is 16.0 Å². The maximum atomic E-state index is 11.7. The minimum atomic E-state index is 0. The highest BCUT2D eigenvalue weighted by Crippen LogP contribution is 2.20. The monoisotopic (exact) mass is 446 g/mol. The number of carbonyl (C=O) groups is 1. The number of carbonyl (C=O) groups excluding carboxylic acids is 1. The molecule has 1 amide bonds. The minimum absolute atomic E-state index is 0. The van der Waals surface area contributed by atoms with Gasteiger partial charge in [-0.15, -0.1) is 37.2 Å². The van der Waals surface area contributed by atoms with Gasteiger partial charge in [-0.25, -0.2) is 0 Å². The lowest BCUT2D eigenvalue weighted by molar-refractivity contribution is -0.121. The molecule has 0 aromatic heterocycles. The van der Waals surface area contributed by atoms with Gasteiger partial charge in [0, 0.05) is 62.4 Å². The van der Waals surface area contributed by atoms with Crippen molar-refractivity contribution >= 4 is 60.4 Å². The van der Waals surface area contributed by atoms with Crippen molar-refractivity contribution in [1.82, 2.24) is 10.2 Å². The highest BCUT2D eigenvalue weighted by atomic mass is 35.5. The van der Waals surface area contributed by atoms with Crippen LogP contribution in [0.25, 0.3) is 0 Å². The van der Waals surface area contributed by atoms with Crippen molar-refractivity contribution in [3.05, 3.63) is 29.3 Å². The fraction of sp³-hybridized carbons (Fsp3) is 0.588. The first-order valence-corrected chi connectivity index (χ1v) is 8.67. The van der Waals surface area contributed by atoms with E-state index in [0.717, 1.165) is 44.2 Å². The van der Waals surface area contributed by atoms with Crippen molar-refractivity contribution < 1.29 is 4.79 Å². The zero-order valence-corrected chi connectivity index (χ0v) is 18.2. The first kappa shape index (κ1) is 27.8. The Kier molecular flexibility index (Phi) is 15.6. The molecule has 1 heterocycles. The summed E-state index contributed by atoms with van der Waals surface area (Å²) in [5.74, 6) is 0.0971. The van der Waals surface area contributed by atoms with Gasteiger partial charge in [0.25, 0.3) is 0 Å². The lowest BCUT2D eigenvalue weighted by Crippen LogP contribution is -2.48. The molecule has 1 aliphatic rings. The number of amides is 1. The third kappa shape index (κ3) is 10.0. The van der Waals surface area contributed by atoms with Gasteiger partial charge in [0.05, 0.1) is 0 Å². The van der Waals surface area contributed by atoms with E-state index in [2.05, 4.69) is 21.2 Å². The molecule has 0 bridgehead atoms. The van der Waals surface area contributed by atoms with Crippen LogP contribution >= 0.6 is 48.8 Å². The van der Waals surface area contributed by atoms with E-state index in [-0.39, 0.29) is 49.2 Å². The summed E-state index contributed by atoms with van der Waals surface area (Å²) in [6.07, 6.45) is 1.25. The number of piperazine rings is 1. The van der Waals surface area contributed by atoms with Gasteiger partial charge in [-0.3, -0.25) is 9.69 Å². The summed E-state index contributed by atoms with van der Waals surface area (Å²) in [5.41, 5.74) is 6.84. The van der Waals surface area contributed by atoms with Crippen LogP contribution in [0.2, 0.25) is 5.02 Å². The van der Waals surface area contributed by atoms with Gasteiger partial charge in [0.2, 0.25) is 5.91 Å². The van der Waals surface area contributed by atoms with Gasteiger partial charge in [-0.1, -0.05) is 17.7 Å². The quantitative estimate of drug-likeness (QED) is 0.674. The third-order valence-corrected chi connectivity index (χ3v) is 4.36. The van der Waals surface area contributed by atoms with Gasteiger partial charge in [-0.2, -0.15) is 0 Å². The average molecular weight is 448 g/mol. The summed E-state index contributed by atoms with van der Waals surface area (Å²) >= 11 is 6.05. The molecule has 152 valence electrons. The van der Waals surface area contributed by atoms with E-state index in [1.807, 2.05) is 25.1 Å². The number of hydrogen-bond acceptors (Lipinski definition) is 4. The predicted octanol–water partition coefficient (Wildman–Crippen LogP) is 2.97. The molecule has 0 radical (unpaired) electrons. The molecule has 5 nitrogen and oxygen atoms in total. The second-order valence-corrected chi connectivity index (χ2v) is 6.61. The molecule has 1 aromatic carbocycles. The Labute approximate surface area is 180 Å². The number of nitrogens with zero attached hydrogens (tertiary/aromatic N) is 2. The van der Waals surface area contributed by atoms with Crippen molar-refractivity contribution in [2.45, 2.75) is 25.8 Å². The molecule has 1 aromatic rings. The van der Waals surface area contributed by atoms with E-state index in [4.69, 9.17) is 17.3 Å². The fourth-order valence-corrected chi connectivity index (χ4v) is 2.89. The maximum absolute atomic E-state index is 11.7. The fourth-order valence-electron chi connectivity index (χ4n) is 2.70. The first-order valence-electron chi connectivity index (χ1n) is 8.30. The molecule has 3 N–H and O–H groups in total. The molecular formula is C17H30Cl4N4O. The molecule has 0 aliphatic carbocycles. The van der Waals surface area contributed by atoms with Gasteiger partial charge in [-0.05, 0) is 31.5 Å². The molecule has 2 rings (SSSR count). The number of nitrogens with one attached hydrogen (secondary N) is 1. The van der Waals surface area contributed by atoms with Gasteiger partial charge in [0.1, 0.15) is 0 Å². The minimum Gasteiger partial charge on any atom is -0.369 e. The molecule has 1 unspecified atom stereocenters. The smallest absolute Gasteiger partial charge is 0.220 e. The molecule has 1 atom stereocenters. The normalized spacial score (nSPS) is 15.1. The van der Waals surface area contributed by atoms with E-state index in [0.29, 0.717) is 13.0 Å². The molecule has 1 saturated heterocycles. The van der Waals surface area contributed by atoms with Crippen LogP contribution in [-0.4, -0.2) is 56.1 Å². The number of nitrogens with two attached hydrogens (primary N) is 1. The molecular weight excluding hydrogens is 418 g/mol. The summed E-state index contributed by atoms with van der Waals surface area (Å²) < 4.78 is 0. The lowest BCUT2D eigenvalue weighted by atomic mass is 10.2. The van der Waals surface area contributed by atoms with Gasteiger partial charge >= 0.3 is 0 Å². The largest absolute Gasteiger partial charge is 0.369 e. The summed E-state index contributed by atoms with van der Waals surface area (Å²) in [6.45, 7) is 7.50. The number of benzene rings is 1. The average Bonchev–Trinajstić information content (AvgIpc) is 2.53. The van der Waals surface area contributed by atoms with Crippen LogP contribution in [-0.2, 0) is 4.79 Å². The number of rotatable bonds is 7. The Morgan fingerprint density at radius 3 is 2.46 bits per heavy atom. The Morgan fingerprint density at radius 1 is 1.23 bits per heavy atom. The Hall–Kier alpha value is -0.430. The van der Waals surface area contributed by atoms with Crippen molar-refractivity contribution in [3.8, 4) is 0 Å². The summed E-state index contributed by atoms with van der Waals surface area (Å²) in [6, 6.07) is 8.08. The highest BCUT2D eigenvalue weighted by molar-refractivity contribution is 6.30. The van der Waals surface area contributed by atoms with Crippen molar-refractivity contribution in [3.63, 3.8) is 0 Å². The number of anilines is 1. The first-order chi connectivity index (χ1) is 11.0. The summed E-state index contributed by atoms with van der Waals surface area (Å²) in [4.78, 5) is 16.4. The van der Waals surface area contributed by atoms with E-state index >= 15 is 0 Å². The molecule has 26 heavy (non-hydrogen) atoms. The van der Waals surface area contributed by atoms with Crippen molar-refractivity contribution in [1.29, 1.82) is 0 Å². The Balaban J connectivity index is 0. The van der Waals surface area contributed by atoms with Crippen LogP contribution < -0.4 is 16.0 Å². The number of halogens is 4. The maximum Gasteiger partial charge on any atom is 0.220 e. The number of hydrogen-bond donors (Lipinski definition) is 2. The lowest BCUT2D eigenvalue weighted by Gasteiger charge is -2.36. The van der Waals surface area contributed by atoms with Crippen molar-refractivity contribution in [2.24, 2.45) is 5.73 Å². The Morgan fingerprint density at radius 2 is 1.88 bits per heavy atom. The second-order valence-electron chi connectivity index (χ2n) is 6.17. The van der Waals surface area contributed by atoms with Gasteiger partial charge in [0.15, 0.2) is 0 Å². The van der Waals surface area contributed by atoms with Crippen LogP contribution in [0.5, 0.6) is 0 Å². The molecule has 1 fully saturated rings. The van der Waals surface area contributed by atoms with Crippen molar-refractivity contribution in [2.75, 3.05) is 44.2 Å². The SMILES string of the molecule is CC(N)CCC(=O)NCCN1CCN(c2cccc(Cl)c2)CC1.Cl.Cl.Cl. The van der Waals surface area contributed by atoms with E-state index < -0.39 is 0 Å². The third-order valence-electron chi connectivity index (χ3n) is 4.12. The topological polar surface area (TPSA) is 61.6 Å². The zero-order valence-electron chi connectivity index (χ0n) is 15.0. The van der Waals surface area contributed by atoms with Crippen LogP contribution in [0.4, 0.5) is 5.69 Å². The summed E-state index contributed by atoms with van der Waals surface area (Å²) in [7, 11) is 0. The second kappa shape index (κ2) is 14.6. The van der Waals surface area contributed by atoms with Crippen LogP contribution in [0, 0.1) is 0 Å². The molecule has 0 saturated carbocycles. The molecule has 1 aliphatic heterocycles. The van der Waals surface area contributed by atoms with Crippen LogP contribution in [0.15, 0.2) is 24.3 Å². The predicted molar refractivity (Wildman–Crippen MR) is 118 cm³/mol. The molecule has 0 spiro atoms. The van der Waals surface area contributed by atoms with E-state index in [1.54, 1.807) is 0 Å². The van der Waals surface area contributed by atoms with E-state index in [9.17, 15) is 4.79 Å². The summed E-state index contributed by atoms with van der Waals surface area (Å²) in [5, 5.41) is 3.75.